The van der Waals surface area contributed by atoms with Crippen molar-refractivity contribution in [3.05, 3.63) is 64.3 Å². The average Bonchev–Trinajstić information content (AvgIpc) is 2.65. The number of amides is 1. The lowest BCUT2D eigenvalue weighted by Crippen LogP contribution is -2.48. The maximum atomic E-state index is 13.9. The van der Waals surface area contributed by atoms with Gasteiger partial charge in [0.15, 0.2) is 0 Å². The van der Waals surface area contributed by atoms with Crippen molar-refractivity contribution < 1.29 is 9.18 Å². The third kappa shape index (κ3) is 4.11. The fraction of sp³-hybridized carbons (Fsp3) is 0.368. The van der Waals surface area contributed by atoms with Gasteiger partial charge in [0.05, 0.1) is 5.69 Å². The molecule has 0 aliphatic carbocycles. The van der Waals surface area contributed by atoms with Gasteiger partial charge in [0, 0.05) is 52.5 Å². The minimum absolute atomic E-state index is 0.152. The van der Waals surface area contributed by atoms with Gasteiger partial charge in [-0.25, -0.2) is 4.39 Å². The zero-order valence-corrected chi connectivity index (χ0v) is 14.8. The Hall–Kier alpha value is -2.67. The summed E-state index contributed by atoms with van der Waals surface area (Å²) in [6.45, 7) is 4.26. The number of carbonyl (C=O) groups is 1. The molecule has 0 radical (unpaired) electrons. The molecule has 2 heterocycles. The molecule has 0 spiro atoms. The van der Waals surface area contributed by atoms with Crippen LogP contribution in [0.1, 0.15) is 10.4 Å². The number of halogens is 1. The number of para-hydroxylation sites is 1. The van der Waals surface area contributed by atoms with Crippen LogP contribution >= 0.6 is 0 Å². The summed E-state index contributed by atoms with van der Waals surface area (Å²) < 4.78 is 15.2. The van der Waals surface area contributed by atoms with Crippen molar-refractivity contribution in [2.24, 2.45) is 7.05 Å². The molecule has 1 aliphatic rings. The van der Waals surface area contributed by atoms with E-state index >= 15 is 0 Å². The Labute approximate surface area is 151 Å². The molecule has 3 rings (SSSR count). The lowest BCUT2D eigenvalue weighted by Gasteiger charge is -2.36. The Bertz CT molecular complexity index is 828. The molecule has 1 aromatic heterocycles. The number of rotatable bonds is 5. The van der Waals surface area contributed by atoms with E-state index in [4.69, 9.17) is 0 Å². The molecule has 1 saturated heterocycles. The summed E-state index contributed by atoms with van der Waals surface area (Å²) in [5.74, 6) is -0.547. The van der Waals surface area contributed by atoms with E-state index in [2.05, 4.69) is 10.2 Å². The van der Waals surface area contributed by atoms with E-state index in [1.807, 2.05) is 11.0 Å². The number of nitrogens with zero attached hydrogens (tertiary/aromatic N) is 3. The van der Waals surface area contributed by atoms with Gasteiger partial charge in [-0.3, -0.25) is 14.5 Å². The molecule has 0 saturated carbocycles. The fourth-order valence-electron chi connectivity index (χ4n) is 3.11. The summed E-state index contributed by atoms with van der Waals surface area (Å²) in [7, 11) is 1.62. The second kappa shape index (κ2) is 8.14. The molecule has 138 valence electrons. The number of carbonyl (C=O) groups excluding carboxylic acids is 1. The third-order valence-corrected chi connectivity index (χ3v) is 4.65. The quantitative estimate of drug-likeness (QED) is 0.869. The van der Waals surface area contributed by atoms with Crippen LogP contribution in [-0.2, 0) is 7.05 Å². The van der Waals surface area contributed by atoms with Crippen LogP contribution in [0.2, 0.25) is 0 Å². The number of anilines is 1. The Morgan fingerprint density at radius 1 is 1.12 bits per heavy atom. The Morgan fingerprint density at radius 3 is 2.58 bits per heavy atom. The minimum atomic E-state index is -0.351. The second-order valence-electron chi connectivity index (χ2n) is 6.37. The number of aryl methyl sites for hydroxylation is 1. The highest BCUT2D eigenvalue weighted by atomic mass is 19.1. The predicted molar refractivity (Wildman–Crippen MR) is 99.1 cm³/mol. The molecule has 0 atom stereocenters. The number of nitrogens with one attached hydrogen (secondary N) is 1. The summed E-state index contributed by atoms with van der Waals surface area (Å²) in [6, 6.07) is 10.0. The van der Waals surface area contributed by atoms with Gasteiger partial charge in [-0.1, -0.05) is 12.1 Å². The van der Waals surface area contributed by atoms with Crippen molar-refractivity contribution in [2.45, 2.75) is 0 Å². The van der Waals surface area contributed by atoms with Crippen LogP contribution < -0.4 is 15.8 Å². The second-order valence-corrected chi connectivity index (χ2v) is 6.37. The molecule has 1 fully saturated rings. The summed E-state index contributed by atoms with van der Waals surface area (Å²) in [6.07, 6.45) is 1.62. The zero-order chi connectivity index (χ0) is 18.5. The molecule has 6 nitrogen and oxygen atoms in total. The van der Waals surface area contributed by atoms with Gasteiger partial charge in [0.2, 0.25) is 0 Å². The average molecular weight is 358 g/mol. The third-order valence-electron chi connectivity index (χ3n) is 4.65. The molecule has 7 heteroatoms. The van der Waals surface area contributed by atoms with Crippen molar-refractivity contribution >= 4 is 11.6 Å². The van der Waals surface area contributed by atoms with E-state index in [-0.39, 0.29) is 22.8 Å². The van der Waals surface area contributed by atoms with Gasteiger partial charge in [0.1, 0.15) is 11.4 Å². The van der Waals surface area contributed by atoms with Crippen molar-refractivity contribution in [1.82, 2.24) is 14.8 Å². The Balaban J connectivity index is 1.46. The molecule has 1 amide bonds. The molecule has 0 unspecified atom stereocenters. The van der Waals surface area contributed by atoms with Gasteiger partial charge in [-0.05, 0) is 24.3 Å². The molecule has 1 N–H and O–H groups in total. The Morgan fingerprint density at radius 2 is 1.85 bits per heavy atom. The first-order valence-electron chi connectivity index (χ1n) is 8.72. The minimum Gasteiger partial charge on any atom is -0.367 e. The summed E-state index contributed by atoms with van der Waals surface area (Å²) in [4.78, 5) is 28.3. The topological polar surface area (TPSA) is 57.6 Å². The van der Waals surface area contributed by atoms with Gasteiger partial charge in [-0.2, -0.15) is 0 Å². The molecule has 0 bridgehead atoms. The van der Waals surface area contributed by atoms with Gasteiger partial charge >= 0.3 is 0 Å². The van der Waals surface area contributed by atoms with Crippen molar-refractivity contribution in [3.8, 4) is 0 Å². The van der Waals surface area contributed by atoms with Gasteiger partial charge < -0.3 is 14.8 Å². The number of benzene rings is 1. The van der Waals surface area contributed by atoms with E-state index < -0.39 is 0 Å². The number of hydrogen-bond acceptors (Lipinski definition) is 4. The van der Waals surface area contributed by atoms with E-state index in [0.717, 1.165) is 26.2 Å². The van der Waals surface area contributed by atoms with Gasteiger partial charge in [-0.15, -0.1) is 0 Å². The van der Waals surface area contributed by atoms with E-state index in [9.17, 15) is 14.0 Å². The van der Waals surface area contributed by atoms with Crippen LogP contribution in [-0.4, -0.2) is 54.6 Å². The van der Waals surface area contributed by atoms with Crippen molar-refractivity contribution in [3.63, 3.8) is 0 Å². The lowest BCUT2D eigenvalue weighted by atomic mass is 10.2. The zero-order valence-electron chi connectivity index (χ0n) is 14.8. The highest BCUT2D eigenvalue weighted by Gasteiger charge is 2.19. The maximum absolute atomic E-state index is 13.9. The van der Waals surface area contributed by atoms with Crippen LogP contribution in [0.5, 0.6) is 0 Å². The smallest absolute Gasteiger partial charge is 0.263 e. The maximum Gasteiger partial charge on any atom is 0.263 e. The lowest BCUT2D eigenvalue weighted by molar-refractivity contribution is 0.0945. The SMILES string of the molecule is Cn1cccc(C(=O)NCCN2CCN(c3ccccc3F)CC2)c1=O. The van der Waals surface area contributed by atoms with Crippen LogP contribution in [0.15, 0.2) is 47.4 Å². The normalized spacial score (nSPS) is 15.1. The number of aromatic nitrogens is 1. The molecule has 2 aromatic rings. The summed E-state index contributed by atoms with van der Waals surface area (Å²) in [5.41, 5.74) is 0.489. The number of piperazine rings is 1. The van der Waals surface area contributed by atoms with E-state index in [0.29, 0.717) is 18.8 Å². The monoisotopic (exact) mass is 358 g/mol. The molecular formula is C19H23FN4O2. The highest BCUT2D eigenvalue weighted by Crippen LogP contribution is 2.19. The van der Waals surface area contributed by atoms with E-state index in [1.54, 1.807) is 31.4 Å². The molecule has 1 aliphatic heterocycles. The summed E-state index contributed by atoms with van der Waals surface area (Å²) >= 11 is 0. The fourth-order valence-corrected chi connectivity index (χ4v) is 3.11. The molecule has 26 heavy (non-hydrogen) atoms. The molecule has 1 aromatic carbocycles. The standard InChI is InChI=1S/C19H23FN4O2/c1-22-9-4-5-15(19(22)26)18(25)21-8-10-23-11-13-24(14-12-23)17-7-3-2-6-16(17)20/h2-7,9H,8,10-14H2,1H3,(H,21,25). The molecular weight excluding hydrogens is 335 g/mol. The van der Waals surface area contributed by atoms with Crippen molar-refractivity contribution in [1.29, 1.82) is 0 Å². The van der Waals surface area contributed by atoms with Crippen LogP contribution in [0.25, 0.3) is 0 Å². The van der Waals surface area contributed by atoms with Crippen LogP contribution in [0.3, 0.4) is 0 Å². The first-order valence-corrected chi connectivity index (χ1v) is 8.72. The number of pyridine rings is 1. The van der Waals surface area contributed by atoms with Crippen LogP contribution in [0, 0.1) is 5.82 Å². The van der Waals surface area contributed by atoms with Crippen molar-refractivity contribution in [2.75, 3.05) is 44.2 Å². The highest BCUT2D eigenvalue weighted by molar-refractivity contribution is 5.93. The van der Waals surface area contributed by atoms with E-state index in [1.165, 1.54) is 16.7 Å². The summed E-state index contributed by atoms with van der Waals surface area (Å²) in [5, 5.41) is 2.80. The first-order chi connectivity index (χ1) is 12.6. The first kappa shape index (κ1) is 18.1. The predicted octanol–water partition coefficient (Wildman–Crippen LogP) is 1.08. The number of hydrogen-bond donors (Lipinski definition) is 1. The van der Waals surface area contributed by atoms with Gasteiger partial charge in [0.25, 0.3) is 11.5 Å². The Kier molecular flexibility index (Phi) is 5.68. The largest absolute Gasteiger partial charge is 0.367 e. The van der Waals surface area contributed by atoms with Crippen LogP contribution in [0.4, 0.5) is 10.1 Å².